The first kappa shape index (κ1) is 12.8. The van der Waals surface area contributed by atoms with E-state index in [4.69, 9.17) is 4.42 Å². The Bertz CT molecular complexity index is 325. The number of nitrogens with one attached hydrogen (secondary N) is 1. The molecule has 1 atom stereocenters. The van der Waals surface area contributed by atoms with Crippen LogP contribution in [0.3, 0.4) is 0 Å². The van der Waals surface area contributed by atoms with Gasteiger partial charge in [0, 0.05) is 6.42 Å². The van der Waals surface area contributed by atoms with E-state index >= 15 is 0 Å². The van der Waals surface area contributed by atoms with Crippen molar-refractivity contribution in [2.24, 2.45) is 5.41 Å². The van der Waals surface area contributed by atoms with E-state index in [9.17, 15) is 9.90 Å². The molecule has 1 amide bonds. The van der Waals surface area contributed by atoms with E-state index in [0.29, 0.717) is 12.2 Å². The molecule has 1 heterocycles. The first-order valence-corrected chi connectivity index (χ1v) is 5.37. The van der Waals surface area contributed by atoms with Crippen LogP contribution in [0.4, 0.5) is 0 Å². The summed E-state index contributed by atoms with van der Waals surface area (Å²) in [5, 5.41) is 12.3. The molecule has 2 N–H and O–H groups in total. The summed E-state index contributed by atoms with van der Waals surface area (Å²) < 4.78 is 5.03. The van der Waals surface area contributed by atoms with Crippen LogP contribution in [0.25, 0.3) is 0 Å². The maximum Gasteiger partial charge on any atom is 0.220 e. The molecule has 0 spiro atoms. The van der Waals surface area contributed by atoms with Gasteiger partial charge >= 0.3 is 0 Å². The van der Waals surface area contributed by atoms with Crippen molar-refractivity contribution < 1.29 is 14.3 Å². The Morgan fingerprint density at radius 1 is 1.56 bits per heavy atom. The number of amides is 1. The van der Waals surface area contributed by atoms with E-state index in [1.165, 1.54) is 6.26 Å². The second-order valence-corrected chi connectivity index (χ2v) is 5.07. The van der Waals surface area contributed by atoms with Gasteiger partial charge in [-0.1, -0.05) is 20.8 Å². The second kappa shape index (κ2) is 5.16. The number of rotatable bonds is 4. The van der Waals surface area contributed by atoms with Gasteiger partial charge in [0.25, 0.3) is 0 Å². The minimum atomic E-state index is -0.779. The largest absolute Gasteiger partial charge is 0.467 e. The molecule has 1 aromatic rings. The average Bonchev–Trinajstić information content (AvgIpc) is 2.64. The highest BCUT2D eigenvalue weighted by Crippen LogP contribution is 2.18. The third kappa shape index (κ3) is 4.49. The van der Waals surface area contributed by atoms with E-state index in [1.54, 1.807) is 12.1 Å². The molecule has 0 aliphatic rings. The number of aliphatic hydroxyl groups is 1. The van der Waals surface area contributed by atoms with Crippen molar-refractivity contribution >= 4 is 5.91 Å². The maximum atomic E-state index is 11.5. The summed E-state index contributed by atoms with van der Waals surface area (Å²) in [5.74, 6) is 0.411. The molecule has 0 aliphatic heterocycles. The molecule has 0 aromatic carbocycles. The molecule has 0 saturated heterocycles. The highest BCUT2D eigenvalue weighted by molar-refractivity contribution is 5.76. The van der Waals surface area contributed by atoms with E-state index in [2.05, 4.69) is 5.32 Å². The van der Waals surface area contributed by atoms with Crippen molar-refractivity contribution in [3.63, 3.8) is 0 Å². The van der Waals surface area contributed by atoms with Crippen molar-refractivity contribution in [2.75, 3.05) is 6.54 Å². The van der Waals surface area contributed by atoms with Gasteiger partial charge in [-0.2, -0.15) is 0 Å². The maximum absolute atomic E-state index is 11.5. The van der Waals surface area contributed by atoms with Gasteiger partial charge in [-0.05, 0) is 17.5 Å². The van der Waals surface area contributed by atoms with Crippen LogP contribution in [0.1, 0.15) is 39.1 Å². The zero-order valence-corrected chi connectivity index (χ0v) is 9.99. The smallest absolute Gasteiger partial charge is 0.220 e. The van der Waals surface area contributed by atoms with Crippen LogP contribution in [0.2, 0.25) is 0 Å². The molecule has 1 unspecified atom stereocenters. The van der Waals surface area contributed by atoms with Crippen molar-refractivity contribution in [1.82, 2.24) is 5.32 Å². The predicted molar refractivity (Wildman–Crippen MR) is 60.7 cm³/mol. The summed E-state index contributed by atoms with van der Waals surface area (Å²) in [6.45, 7) is 6.17. The molecule has 0 aliphatic carbocycles. The Balaban J connectivity index is 2.32. The Morgan fingerprint density at radius 2 is 2.25 bits per heavy atom. The van der Waals surface area contributed by atoms with Gasteiger partial charge in [-0.3, -0.25) is 4.79 Å². The Kier molecular flexibility index (Phi) is 4.12. The first-order chi connectivity index (χ1) is 7.38. The zero-order valence-electron chi connectivity index (χ0n) is 9.99. The molecule has 0 radical (unpaired) electrons. The van der Waals surface area contributed by atoms with Crippen LogP contribution in [0.15, 0.2) is 22.8 Å². The minimum absolute atomic E-state index is 0.0419. The lowest BCUT2D eigenvalue weighted by Crippen LogP contribution is -2.31. The topological polar surface area (TPSA) is 62.5 Å². The Labute approximate surface area is 95.7 Å². The van der Waals surface area contributed by atoms with Crippen LogP contribution >= 0.6 is 0 Å². The van der Waals surface area contributed by atoms with Crippen LogP contribution in [0, 0.1) is 5.41 Å². The number of carbonyl (C=O) groups excluding carboxylic acids is 1. The number of aliphatic hydroxyl groups excluding tert-OH is 1. The SMILES string of the molecule is CC(C)(C)CC(=O)NCC(O)c1ccco1. The molecule has 0 saturated carbocycles. The quantitative estimate of drug-likeness (QED) is 0.822. The first-order valence-electron chi connectivity index (χ1n) is 5.37. The van der Waals surface area contributed by atoms with Gasteiger partial charge in [0.1, 0.15) is 11.9 Å². The molecular weight excluding hydrogens is 206 g/mol. The molecule has 90 valence electrons. The van der Waals surface area contributed by atoms with Crippen molar-refractivity contribution in [1.29, 1.82) is 0 Å². The summed E-state index contributed by atoms with van der Waals surface area (Å²) in [7, 11) is 0. The standard InChI is InChI=1S/C12H19NO3/c1-12(2,3)7-11(15)13-8-9(14)10-5-4-6-16-10/h4-6,9,14H,7-8H2,1-3H3,(H,13,15). The van der Waals surface area contributed by atoms with Crippen LogP contribution < -0.4 is 5.32 Å². The molecule has 4 heteroatoms. The number of hydrogen-bond donors (Lipinski definition) is 2. The van der Waals surface area contributed by atoms with Crippen molar-refractivity contribution in [3.05, 3.63) is 24.2 Å². The van der Waals surface area contributed by atoms with Crippen LogP contribution in [-0.2, 0) is 4.79 Å². The van der Waals surface area contributed by atoms with Gasteiger partial charge < -0.3 is 14.8 Å². The van der Waals surface area contributed by atoms with Gasteiger partial charge in [-0.25, -0.2) is 0 Å². The summed E-state index contributed by atoms with van der Waals surface area (Å²) >= 11 is 0. The highest BCUT2D eigenvalue weighted by atomic mass is 16.4. The van der Waals surface area contributed by atoms with Crippen molar-refractivity contribution in [3.8, 4) is 0 Å². The number of furan rings is 1. The van der Waals surface area contributed by atoms with Gasteiger partial charge in [-0.15, -0.1) is 0 Å². The fourth-order valence-corrected chi connectivity index (χ4v) is 1.34. The van der Waals surface area contributed by atoms with Crippen LogP contribution in [-0.4, -0.2) is 17.6 Å². The number of hydrogen-bond acceptors (Lipinski definition) is 3. The summed E-state index contributed by atoms with van der Waals surface area (Å²) in [6.07, 6.45) is 1.16. The Hall–Kier alpha value is -1.29. The summed E-state index contributed by atoms with van der Waals surface area (Å²) in [5.41, 5.74) is -0.0419. The molecule has 1 rings (SSSR count). The van der Waals surface area contributed by atoms with Crippen molar-refractivity contribution in [2.45, 2.75) is 33.3 Å². The van der Waals surface area contributed by atoms with E-state index in [-0.39, 0.29) is 17.9 Å². The Morgan fingerprint density at radius 3 is 2.75 bits per heavy atom. The molecule has 4 nitrogen and oxygen atoms in total. The molecule has 1 aromatic heterocycles. The lowest BCUT2D eigenvalue weighted by molar-refractivity contribution is -0.123. The lowest BCUT2D eigenvalue weighted by atomic mass is 9.92. The molecule has 0 fully saturated rings. The minimum Gasteiger partial charge on any atom is -0.467 e. The highest BCUT2D eigenvalue weighted by Gasteiger charge is 2.17. The third-order valence-electron chi connectivity index (χ3n) is 2.06. The van der Waals surface area contributed by atoms with E-state index in [0.717, 1.165) is 0 Å². The summed E-state index contributed by atoms with van der Waals surface area (Å²) in [4.78, 5) is 11.5. The molecule has 0 bridgehead atoms. The zero-order chi connectivity index (χ0) is 12.2. The normalized spacial score (nSPS) is 13.5. The second-order valence-electron chi connectivity index (χ2n) is 5.07. The van der Waals surface area contributed by atoms with E-state index in [1.807, 2.05) is 20.8 Å². The van der Waals surface area contributed by atoms with Gasteiger partial charge in [0.05, 0.1) is 12.8 Å². The summed E-state index contributed by atoms with van der Waals surface area (Å²) in [6, 6.07) is 3.39. The molecular formula is C12H19NO3. The lowest BCUT2D eigenvalue weighted by Gasteiger charge is -2.18. The number of carbonyl (C=O) groups is 1. The fourth-order valence-electron chi connectivity index (χ4n) is 1.34. The third-order valence-corrected chi connectivity index (χ3v) is 2.06. The van der Waals surface area contributed by atoms with Gasteiger partial charge in [0.2, 0.25) is 5.91 Å². The average molecular weight is 225 g/mol. The fraction of sp³-hybridized carbons (Fsp3) is 0.583. The predicted octanol–water partition coefficient (Wildman–Crippen LogP) is 1.87. The van der Waals surface area contributed by atoms with Crippen LogP contribution in [0.5, 0.6) is 0 Å². The monoisotopic (exact) mass is 225 g/mol. The van der Waals surface area contributed by atoms with E-state index < -0.39 is 6.10 Å². The van der Waals surface area contributed by atoms with Gasteiger partial charge in [0.15, 0.2) is 0 Å². The molecule has 16 heavy (non-hydrogen) atoms.